The number of unbranched alkanes of at least 4 members (excludes halogenated alkanes) is 1. The van der Waals surface area contributed by atoms with E-state index in [1.54, 1.807) is 0 Å². The van der Waals surface area contributed by atoms with E-state index in [2.05, 4.69) is 25.9 Å². The summed E-state index contributed by atoms with van der Waals surface area (Å²) in [5.74, 6) is -4.38. The number of nitrogens with two attached hydrogens (primary N) is 3. The van der Waals surface area contributed by atoms with Crippen LogP contribution in [0.1, 0.15) is 44.7 Å². The molecular weight excluding hydrogens is 476 g/mol. The predicted octanol–water partition coefficient (Wildman–Crippen LogP) is -3.41. The zero-order valence-electron chi connectivity index (χ0n) is 20.1. The van der Waals surface area contributed by atoms with E-state index >= 15 is 0 Å². The number of aromatic amines is 1. The predicted molar refractivity (Wildman–Crippen MR) is 127 cm³/mol. The zero-order valence-corrected chi connectivity index (χ0v) is 20.1. The Kier molecular flexibility index (Phi) is 13.1. The quantitative estimate of drug-likeness (QED) is 0.0933. The highest BCUT2D eigenvalue weighted by molar-refractivity contribution is 5.94. The van der Waals surface area contributed by atoms with Crippen LogP contribution in [0.3, 0.4) is 0 Å². The first-order valence-electron chi connectivity index (χ1n) is 11.5. The molecule has 1 heterocycles. The van der Waals surface area contributed by atoms with Gasteiger partial charge in [0.25, 0.3) is 0 Å². The Morgan fingerprint density at radius 1 is 1.03 bits per heavy atom. The molecule has 1 aromatic rings. The molecule has 0 radical (unpaired) electrons. The van der Waals surface area contributed by atoms with Crippen LogP contribution in [0, 0.1) is 0 Å². The Morgan fingerprint density at radius 2 is 1.69 bits per heavy atom. The number of imidazole rings is 1. The average Bonchev–Trinajstić information content (AvgIpc) is 3.32. The fourth-order valence-corrected chi connectivity index (χ4v) is 3.21. The molecule has 0 bridgehead atoms. The number of carboxylic acids is 1. The van der Waals surface area contributed by atoms with E-state index in [-0.39, 0.29) is 25.7 Å². The van der Waals surface area contributed by atoms with Crippen molar-refractivity contribution in [2.24, 2.45) is 17.2 Å². The smallest absolute Gasteiger partial charge is 0.326 e. The number of carbonyl (C=O) groups is 5. The second-order valence-electron chi connectivity index (χ2n) is 8.36. The van der Waals surface area contributed by atoms with Crippen LogP contribution in [0.25, 0.3) is 0 Å². The molecule has 1 rings (SSSR count). The van der Waals surface area contributed by atoms with Crippen LogP contribution in [-0.2, 0) is 30.4 Å². The van der Waals surface area contributed by atoms with Crippen LogP contribution in [0.15, 0.2) is 12.5 Å². The van der Waals surface area contributed by atoms with Gasteiger partial charge in [-0.25, -0.2) is 9.78 Å². The van der Waals surface area contributed by atoms with Gasteiger partial charge in [0.2, 0.25) is 23.6 Å². The lowest BCUT2D eigenvalue weighted by Gasteiger charge is -2.26. The lowest BCUT2D eigenvalue weighted by molar-refractivity contribution is -0.143. The van der Waals surface area contributed by atoms with Crippen LogP contribution in [0.4, 0.5) is 0 Å². The molecule has 0 aliphatic rings. The number of aliphatic carboxylic acids is 1. The Balaban J connectivity index is 2.91. The molecule has 12 N–H and O–H groups in total. The Morgan fingerprint density at radius 3 is 2.22 bits per heavy atom. The molecule has 0 aromatic carbocycles. The topological polar surface area (TPSA) is 269 Å². The molecule has 5 unspecified atom stereocenters. The highest BCUT2D eigenvalue weighted by atomic mass is 16.4. The van der Waals surface area contributed by atoms with Crippen molar-refractivity contribution in [3.8, 4) is 0 Å². The van der Waals surface area contributed by atoms with Crippen LogP contribution in [0.5, 0.6) is 0 Å². The highest BCUT2D eigenvalue weighted by Crippen LogP contribution is 2.06. The summed E-state index contributed by atoms with van der Waals surface area (Å²) in [5.41, 5.74) is 16.8. The molecular formula is C21H36N8O7. The first kappa shape index (κ1) is 30.5. The fraction of sp³-hybridized carbons (Fsp3) is 0.619. The van der Waals surface area contributed by atoms with Crippen molar-refractivity contribution < 1.29 is 34.2 Å². The molecule has 5 atom stereocenters. The third-order valence-electron chi connectivity index (χ3n) is 5.27. The molecule has 4 amide bonds. The van der Waals surface area contributed by atoms with Gasteiger partial charge in [0.05, 0.1) is 18.5 Å². The van der Waals surface area contributed by atoms with Gasteiger partial charge in [-0.1, -0.05) is 0 Å². The number of aliphatic hydroxyl groups is 1. The van der Waals surface area contributed by atoms with Gasteiger partial charge in [-0.05, 0) is 39.2 Å². The zero-order chi connectivity index (χ0) is 27.3. The Labute approximate surface area is 207 Å². The number of nitrogens with one attached hydrogen (secondary N) is 4. The molecule has 202 valence electrons. The summed E-state index contributed by atoms with van der Waals surface area (Å²) in [7, 11) is 0. The minimum Gasteiger partial charge on any atom is -0.480 e. The van der Waals surface area contributed by atoms with Crippen molar-refractivity contribution in [1.82, 2.24) is 25.9 Å². The third kappa shape index (κ3) is 10.8. The standard InChI is InChI=1S/C21H36N8O7/c1-11(30)17(20(34)28-15(21(35)36)8-12-9-25-10-26-12)29-19(33)14(4-2-3-7-22)27-18(32)13(23)5-6-16(24)31/h9-11,13-15,17,30H,2-8,22-23H2,1H3,(H2,24,31)(H,25,26)(H,27,32)(H,28,34)(H,29,33)(H,35,36). The number of amides is 4. The first-order chi connectivity index (χ1) is 17.0. The molecule has 0 spiro atoms. The van der Waals surface area contributed by atoms with Gasteiger partial charge in [0, 0.05) is 24.7 Å². The second kappa shape index (κ2) is 15.4. The molecule has 36 heavy (non-hydrogen) atoms. The van der Waals surface area contributed by atoms with Crippen molar-refractivity contribution in [2.45, 2.75) is 75.7 Å². The van der Waals surface area contributed by atoms with Gasteiger partial charge >= 0.3 is 5.97 Å². The number of rotatable bonds is 17. The number of hydrogen-bond donors (Lipinski definition) is 9. The van der Waals surface area contributed by atoms with Crippen molar-refractivity contribution in [3.63, 3.8) is 0 Å². The summed E-state index contributed by atoms with van der Waals surface area (Å²) in [5, 5.41) is 26.7. The van der Waals surface area contributed by atoms with Gasteiger partial charge < -0.3 is 48.3 Å². The maximum Gasteiger partial charge on any atom is 0.326 e. The van der Waals surface area contributed by atoms with Crippen LogP contribution >= 0.6 is 0 Å². The summed E-state index contributed by atoms with van der Waals surface area (Å²) in [4.78, 5) is 67.3. The van der Waals surface area contributed by atoms with Crippen LogP contribution < -0.4 is 33.2 Å². The van der Waals surface area contributed by atoms with E-state index in [0.29, 0.717) is 25.1 Å². The molecule has 0 aliphatic carbocycles. The van der Waals surface area contributed by atoms with E-state index < -0.39 is 59.9 Å². The number of primary amides is 1. The van der Waals surface area contributed by atoms with E-state index in [9.17, 15) is 34.2 Å². The normalized spacial score (nSPS) is 15.1. The highest BCUT2D eigenvalue weighted by Gasteiger charge is 2.32. The van der Waals surface area contributed by atoms with Crippen molar-refractivity contribution in [2.75, 3.05) is 6.54 Å². The largest absolute Gasteiger partial charge is 0.480 e. The monoisotopic (exact) mass is 512 g/mol. The lowest BCUT2D eigenvalue weighted by Crippen LogP contribution is -2.60. The van der Waals surface area contributed by atoms with Crippen LogP contribution in [0.2, 0.25) is 0 Å². The molecule has 1 aromatic heterocycles. The number of H-pyrrole nitrogens is 1. The van der Waals surface area contributed by atoms with E-state index in [0.717, 1.165) is 0 Å². The van der Waals surface area contributed by atoms with Gasteiger partial charge in [0.1, 0.15) is 18.1 Å². The number of nitrogens with zero attached hydrogens (tertiary/aromatic N) is 1. The Bertz CT molecular complexity index is 878. The second-order valence-corrected chi connectivity index (χ2v) is 8.36. The first-order valence-corrected chi connectivity index (χ1v) is 11.5. The van der Waals surface area contributed by atoms with Crippen molar-refractivity contribution in [3.05, 3.63) is 18.2 Å². The summed E-state index contributed by atoms with van der Waals surface area (Å²) in [6.45, 7) is 1.60. The SMILES string of the molecule is CC(O)C(NC(=O)C(CCCCN)NC(=O)C(N)CCC(N)=O)C(=O)NC(Cc1cnc[nH]1)C(=O)O. The molecule has 15 nitrogen and oxygen atoms in total. The minimum atomic E-state index is -1.52. The Hall–Kier alpha value is -3.56. The van der Waals surface area contributed by atoms with E-state index in [4.69, 9.17) is 17.2 Å². The summed E-state index contributed by atoms with van der Waals surface area (Å²) in [6.07, 6.45) is 2.28. The molecule has 15 heteroatoms. The van der Waals surface area contributed by atoms with Gasteiger partial charge in [-0.2, -0.15) is 0 Å². The summed E-state index contributed by atoms with van der Waals surface area (Å²) in [6, 6.07) is -5.10. The number of hydrogen-bond acceptors (Lipinski definition) is 9. The summed E-state index contributed by atoms with van der Waals surface area (Å²) < 4.78 is 0. The van der Waals surface area contributed by atoms with E-state index in [1.165, 1.54) is 19.4 Å². The third-order valence-corrected chi connectivity index (χ3v) is 5.27. The van der Waals surface area contributed by atoms with Gasteiger partial charge in [0.15, 0.2) is 0 Å². The van der Waals surface area contributed by atoms with Gasteiger partial charge in [-0.15, -0.1) is 0 Å². The van der Waals surface area contributed by atoms with E-state index in [1.807, 2.05) is 0 Å². The van der Waals surface area contributed by atoms with Gasteiger partial charge in [-0.3, -0.25) is 19.2 Å². The van der Waals surface area contributed by atoms with Crippen molar-refractivity contribution >= 4 is 29.6 Å². The average molecular weight is 513 g/mol. The maximum atomic E-state index is 13.0. The minimum absolute atomic E-state index is 0.0239. The maximum absolute atomic E-state index is 13.0. The molecule has 0 aliphatic heterocycles. The number of carbonyl (C=O) groups excluding carboxylic acids is 4. The fourth-order valence-electron chi connectivity index (χ4n) is 3.21. The summed E-state index contributed by atoms with van der Waals surface area (Å²) >= 11 is 0. The van der Waals surface area contributed by atoms with Crippen molar-refractivity contribution in [1.29, 1.82) is 0 Å². The molecule has 0 fully saturated rings. The molecule has 0 saturated heterocycles. The number of aromatic nitrogens is 2. The lowest BCUT2D eigenvalue weighted by atomic mass is 10.0. The molecule has 0 saturated carbocycles. The number of carboxylic acid groups (broad SMARTS) is 1. The number of aliphatic hydroxyl groups excluding tert-OH is 1. The van der Waals surface area contributed by atoms with Crippen LogP contribution in [-0.4, -0.2) is 86.6 Å².